The van der Waals surface area contributed by atoms with Crippen LogP contribution >= 0.6 is 0 Å². The molecule has 1 amide bonds. The summed E-state index contributed by atoms with van der Waals surface area (Å²) in [5.74, 6) is -1.09. The standard InChI is InChI=1S/C17H21N3O3/c1-11-15(9-10-16(21)23-13(3)17(18)22)12(2)20(19-11)14-7-5-4-6-8-14/h4-8,13H,9-10H2,1-3H3,(H2,18,22)/t13-/m1/s1. The van der Waals surface area contributed by atoms with E-state index in [1.807, 2.05) is 48.9 Å². The van der Waals surface area contributed by atoms with E-state index in [1.54, 1.807) is 0 Å². The summed E-state index contributed by atoms with van der Waals surface area (Å²) in [5, 5.41) is 4.54. The Labute approximate surface area is 135 Å². The van der Waals surface area contributed by atoms with Crippen LogP contribution < -0.4 is 5.73 Å². The fraction of sp³-hybridized carbons (Fsp3) is 0.353. The highest BCUT2D eigenvalue weighted by Gasteiger charge is 2.17. The van der Waals surface area contributed by atoms with Gasteiger partial charge in [0.1, 0.15) is 0 Å². The summed E-state index contributed by atoms with van der Waals surface area (Å²) in [6.45, 7) is 5.35. The first-order chi connectivity index (χ1) is 10.9. The molecule has 0 radical (unpaired) electrons. The molecule has 0 saturated carbocycles. The maximum absolute atomic E-state index is 11.8. The average Bonchev–Trinajstić information content (AvgIpc) is 2.80. The third kappa shape index (κ3) is 3.97. The van der Waals surface area contributed by atoms with E-state index in [0.29, 0.717) is 6.42 Å². The topological polar surface area (TPSA) is 87.2 Å². The molecule has 23 heavy (non-hydrogen) atoms. The van der Waals surface area contributed by atoms with Crippen LogP contribution in [-0.4, -0.2) is 27.8 Å². The second-order valence-electron chi connectivity index (χ2n) is 5.43. The van der Waals surface area contributed by atoms with Crippen molar-refractivity contribution in [2.75, 3.05) is 0 Å². The highest BCUT2D eigenvalue weighted by molar-refractivity contribution is 5.81. The fourth-order valence-corrected chi connectivity index (χ4v) is 2.40. The lowest BCUT2D eigenvalue weighted by Crippen LogP contribution is -2.30. The monoisotopic (exact) mass is 315 g/mol. The number of aryl methyl sites for hydroxylation is 1. The van der Waals surface area contributed by atoms with E-state index in [4.69, 9.17) is 10.5 Å². The van der Waals surface area contributed by atoms with Gasteiger partial charge in [-0.15, -0.1) is 0 Å². The number of benzene rings is 1. The molecular weight excluding hydrogens is 294 g/mol. The number of nitrogens with two attached hydrogens (primary N) is 1. The second kappa shape index (κ2) is 7.09. The van der Waals surface area contributed by atoms with Crippen molar-refractivity contribution in [1.29, 1.82) is 0 Å². The zero-order valence-corrected chi connectivity index (χ0v) is 13.6. The Kier molecular flexibility index (Phi) is 5.16. The summed E-state index contributed by atoms with van der Waals surface area (Å²) in [4.78, 5) is 22.7. The minimum Gasteiger partial charge on any atom is -0.453 e. The number of hydrogen-bond donors (Lipinski definition) is 1. The van der Waals surface area contributed by atoms with Gasteiger partial charge in [-0.2, -0.15) is 5.10 Å². The number of esters is 1. The largest absolute Gasteiger partial charge is 0.453 e. The van der Waals surface area contributed by atoms with E-state index < -0.39 is 18.0 Å². The van der Waals surface area contributed by atoms with Crippen molar-refractivity contribution in [3.63, 3.8) is 0 Å². The quantitative estimate of drug-likeness (QED) is 0.824. The highest BCUT2D eigenvalue weighted by atomic mass is 16.5. The van der Waals surface area contributed by atoms with E-state index in [2.05, 4.69) is 5.10 Å². The Hall–Kier alpha value is -2.63. The predicted molar refractivity (Wildman–Crippen MR) is 86.1 cm³/mol. The van der Waals surface area contributed by atoms with Gasteiger partial charge in [0.05, 0.1) is 11.4 Å². The van der Waals surface area contributed by atoms with Crippen molar-refractivity contribution in [2.24, 2.45) is 5.73 Å². The normalized spacial score (nSPS) is 12.0. The highest BCUT2D eigenvalue weighted by Crippen LogP contribution is 2.19. The van der Waals surface area contributed by atoms with Gasteiger partial charge in [-0.1, -0.05) is 18.2 Å². The van der Waals surface area contributed by atoms with Gasteiger partial charge in [0.25, 0.3) is 5.91 Å². The van der Waals surface area contributed by atoms with Gasteiger partial charge in [-0.3, -0.25) is 9.59 Å². The summed E-state index contributed by atoms with van der Waals surface area (Å²) in [6.07, 6.45) is -0.217. The fourth-order valence-electron chi connectivity index (χ4n) is 2.40. The van der Waals surface area contributed by atoms with E-state index in [1.165, 1.54) is 6.92 Å². The zero-order chi connectivity index (χ0) is 17.0. The number of para-hydroxylation sites is 1. The van der Waals surface area contributed by atoms with E-state index in [-0.39, 0.29) is 6.42 Å². The molecule has 2 N–H and O–H groups in total. The van der Waals surface area contributed by atoms with Crippen LogP contribution in [0.2, 0.25) is 0 Å². The molecule has 0 saturated heterocycles. The molecule has 2 rings (SSSR count). The van der Waals surface area contributed by atoms with Gasteiger partial charge in [0.15, 0.2) is 6.10 Å². The van der Waals surface area contributed by atoms with E-state index in [9.17, 15) is 9.59 Å². The van der Waals surface area contributed by atoms with E-state index >= 15 is 0 Å². The van der Waals surface area contributed by atoms with Crippen molar-refractivity contribution in [3.05, 3.63) is 47.3 Å². The molecule has 2 aromatic rings. The van der Waals surface area contributed by atoms with Crippen LogP contribution in [0.3, 0.4) is 0 Å². The number of amides is 1. The third-order valence-corrected chi connectivity index (χ3v) is 3.73. The summed E-state index contributed by atoms with van der Waals surface area (Å²) in [5.41, 5.74) is 8.93. The second-order valence-corrected chi connectivity index (χ2v) is 5.43. The molecule has 1 heterocycles. The number of rotatable bonds is 6. The molecule has 6 heteroatoms. The SMILES string of the molecule is Cc1nn(-c2ccccc2)c(C)c1CCC(=O)O[C@H](C)C(N)=O. The van der Waals surface area contributed by atoms with Crippen molar-refractivity contribution in [3.8, 4) is 5.69 Å². The first-order valence-electron chi connectivity index (χ1n) is 7.49. The third-order valence-electron chi connectivity index (χ3n) is 3.73. The van der Waals surface area contributed by atoms with Gasteiger partial charge >= 0.3 is 5.97 Å². The lowest BCUT2D eigenvalue weighted by molar-refractivity contribution is -0.153. The first kappa shape index (κ1) is 16.7. The number of primary amides is 1. The molecule has 1 atom stereocenters. The molecular formula is C17H21N3O3. The van der Waals surface area contributed by atoms with Gasteiger partial charge in [0, 0.05) is 12.1 Å². The number of nitrogens with zero attached hydrogens (tertiary/aromatic N) is 2. The molecule has 0 unspecified atom stereocenters. The Morgan fingerprint density at radius 1 is 1.26 bits per heavy atom. The molecule has 1 aromatic carbocycles. The predicted octanol–water partition coefficient (Wildman–Crippen LogP) is 1.84. The molecule has 1 aromatic heterocycles. The number of aromatic nitrogens is 2. The van der Waals surface area contributed by atoms with Crippen LogP contribution in [0.25, 0.3) is 5.69 Å². The van der Waals surface area contributed by atoms with E-state index in [0.717, 1.165) is 22.6 Å². The summed E-state index contributed by atoms with van der Waals surface area (Å²) in [6, 6.07) is 9.81. The average molecular weight is 315 g/mol. The van der Waals surface area contributed by atoms with Crippen LogP contribution in [0.15, 0.2) is 30.3 Å². The van der Waals surface area contributed by atoms with Crippen LogP contribution in [0.5, 0.6) is 0 Å². The Bertz CT molecular complexity index is 707. The molecule has 0 aliphatic rings. The zero-order valence-electron chi connectivity index (χ0n) is 13.6. The van der Waals surface area contributed by atoms with Crippen LogP contribution in [-0.2, 0) is 20.7 Å². The molecule has 6 nitrogen and oxygen atoms in total. The van der Waals surface area contributed by atoms with Gasteiger partial charge in [-0.25, -0.2) is 4.68 Å². The van der Waals surface area contributed by atoms with Crippen LogP contribution in [0.4, 0.5) is 0 Å². The van der Waals surface area contributed by atoms with Crippen molar-refractivity contribution >= 4 is 11.9 Å². The Morgan fingerprint density at radius 2 is 1.91 bits per heavy atom. The summed E-state index contributed by atoms with van der Waals surface area (Å²) in [7, 11) is 0. The summed E-state index contributed by atoms with van der Waals surface area (Å²) < 4.78 is 6.83. The maximum Gasteiger partial charge on any atom is 0.306 e. The molecule has 0 aliphatic heterocycles. The summed E-state index contributed by atoms with van der Waals surface area (Å²) >= 11 is 0. The van der Waals surface area contributed by atoms with Crippen LogP contribution in [0.1, 0.15) is 30.3 Å². The van der Waals surface area contributed by atoms with Crippen molar-refractivity contribution in [1.82, 2.24) is 9.78 Å². The molecule has 0 fully saturated rings. The van der Waals surface area contributed by atoms with Gasteiger partial charge in [0.2, 0.25) is 0 Å². The minimum absolute atomic E-state index is 0.180. The number of hydrogen-bond acceptors (Lipinski definition) is 4. The van der Waals surface area contributed by atoms with Crippen LogP contribution in [0, 0.1) is 13.8 Å². The minimum atomic E-state index is -0.906. The van der Waals surface area contributed by atoms with Crippen molar-refractivity contribution in [2.45, 2.75) is 39.7 Å². The number of carbonyl (C=O) groups excluding carboxylic acids is 2. The molecule has 122 valence electrons. The van der Waals surface area contributed by atoms with Gasteiger partial charge in [-0.05, 0) is 44.9 Å². The molecule has 0 bridgehead atoms. The number of ether oxygens (including phenoxy) is 1. The molecule has 0 spiro atoms. The smallest absolute Gasteiger partial charge is 0.306 e. The lowest BCUT2D eigenvalue weighted by Gasteiger charge is -2.09. The number of carbonyl (C=O) groups is 2. The Balaban J connectivity index is 2.08. The first-order valence-corrected chi connectivity index (χ1v) is 7.49. The molecule has 0 aliphatic carbocycles. The maximum atomic E-state index is 11.8. The Morgan fingerprint density at radius 3 is 2.52 bits per heavy atom. The van der Waals surface area contributed by atoms with Crippen molar-refractivity contribution < 1.29 is 14.3 Å². The lowest BCUT2D eigenvalue weighted by atomic mass is 10.1. The van der Waals surface area contributed by atoms with Gasteiger partial charge < -0.3 is 10.5 Å².